The summed E-state index contributed by atoms with van der Waals surface area (Å²) in [7, 11) is 0. The van der Waals surface area contributed by atoms with E-state index >= 15 is 0 Å². The number of aryl methyl sites for hydroxylation is 1. The van der Waals surface area contributed by atoms with Gasteiger partial charge in [0.05, 0.1) is 11.0 Å². The lowest BCUT2D eigenvalue weighted by Crippen LogP contribution is -2.41. The standard InChI is InChI=1S/C26H33N5O/c1-19-7-8-23-24(17-19)29-26(28-23)31-15-10-21(11-16-31)25(32)27-12-4-13-30-14-9-20-5-2-3-6-22(20)18-30/h2-3,5-8,17,21H,4,9-16,18H2,1H3,(H,27,32)(H,28,29). The van der Waals surface area contributed by atoms with Crippen LogP contribution in [-0.4, -0.2) is 53.5 Å². The number of fused-ring (bicyclic) bond motifs is 2. The van der Waals surface area contributed by atoms with Crippen LogP contribution in [-0.2, 0) is 17.8 Å². The van der Waals surface area contributed by atoms with Crippen LogP contribution in [0.2, 0.25) is 0 Å². The minimum Gasteiger partial charge on any atom is -0.356 e. The normalized spacial score (nSPS) is 17.5. The molecular formula is C26H33N5O. The molecule has 0 unspecified atom stereocenters. The van der Waals surface area contributed by atoms with Gasteiger partial charge < -0.3 is 15.2 Å². The highest BCUT2D eigenvalue weighted by Gasteiger charge is 2.26. The predicted octanol–water partition coefficient (Wildman–Crippen LogP) is 3.65. The number of carbonyl (C=O) groups is 1. The molecule has 2 aliphatic heterocycles. The van der Waals surface area contributed by atoms with E-state index in [0.717, 1.165) is 81.9 Å². The Morgan fingerprint density at radius 2 is 1.94 bits per heavy atom. The van der Waals surface area contributed by atoms with Crippen molar-refractivity contribution in [3.05, 3.63) is 59.2 Å². The molecule has 6 nitrogen and oxygen atoms in total. The number of piperidine rings is 1. The Morgan fingerprint density at radius 1 is 1.12 bits per heavy atom. The number of H-pyrrole nitrogens is 1. The van der Waals surface area contributed by atoms with Gasteiger partial charge in [0.25, 0.3) is 0 Å². The largest absolute Gasteiger partial charge is 0.356 e. The summed E-state index contributed by atoms with van der Waals surface area (Å²) in [6.45, 7) is 7.77. The molecule has 0 radical (unpaired) electrons. The van der Waals surface area contributed by atoms with E-state index in [1.807, 2.05) is 0 Å². The molecule has 0 aliphatic carbocycles. The number of benzene rings is 2. The molecule has 5 rings (SSSR count). The molecule has 0 spiro atoms. The van der Waals surface area contributed by atoms with Crippen molar-refractivity contribution < 1.29 is 4.79 Å². The number of imidazole rings is 1. The second kappa shape index (κ2) is 9.33. The number of rotatable bonds is 6. The van der Waals surface area contributed by atoms with Gasteiger partial charge in [-0.3, -0.25) is 9.69 Å². The van der Waals surface area contributed by atoms with Crippen LogP contribution in [0.25, 0.3) is 11.0 Å². The topological polar surface area (TPSA) is 64.3 Å². The quantitative estimate of drug-likeness (QED) is 0.585. The first-order valence-corrected chi connectivity index (χ1v) is 11.9. The number of carbonyl (C=O) groups excluding carboxylic acids is 1. The molecule has 2 N–H and O–H groups in total. The molecule has 1 amide bonds. The summed E-state index contributed by atoms with van der Waals surface area (Å²) >= 11 is 0. The van der Waals surface area contributed by atoms with Gasteiger partial charge in [0.1, 0.15) is 0 Å². The first kappa shape index (κ1) is 21.0. The third kappa shape index (κ3) is 4.65. The van der Waals surface area contributed by atoms with Crippen LogP contribution in [0.4, 0.5) is 5.95 Å². The highest BCUT2D eigenvalue weighted by molar-refractivity contribution is 5.80. The van der Waals surface area contributed by atoms with Crippen LogP contribution in [0.5, 0.6) is 0 Å². The molecule has 3 heterocycles. The Bertz CT molecular complexity index is 1080. The molecule has 1 aromatic heterocycles. The van der Waals surface area contributed by atoms with Crippen molar-refractivity contribution in [2.75, 3.05) is 37.6 Å². The van der Waals surface area contributed by atoms with Crippen molar-refractivity contribution in [2.45, 2.75) is 39.2 Å². The zero-order valence-electron chi connectivity index (χ0n) is 18.9. The maximum absolute atomic E-state index is 12.7. The van der Waals surface area contributed by atoms with Crippen LogP contribution in [0.3, 0.4) is 0 Å². The van der Waals surface area contributed by atoms with Gasteiger partial charge in [0, 0.05) is 45.2 Å². The summed E-state index contributed by atoms with van der Waals surface area (Å²) < 4.78 is 0. The first-order valence-electron chi connectivity index (χ1n) is 11.9. The number of nitrogens with one attached hydrogen (secondary N) is 2. The summed E-state index contributed by atoms with van der Waals surface area (Å²) in [6, 6.07) is 15.0. The first-order chi connectivity index (χ1) is 15.7. The Labute approximate surface area is 190 Å². The van der Waals surface area contributed by atoms with Crippen LogP contribution >= 0.6 is 0 Å². The number of nitrogens with zero attached hydrogens (tertiary/aromatic N) is 3. The molecule has 2 aliphatic rings. The second-order valence-electron chi connectivity index (χ2n) is 9.28. The van der Waals surface area contributed by atoms with E-state index in [2.05, 4.69) is 69.5 Å². The molecule has 1 saturated heterocycles. The molecule has 168 valence electrons. The van der Waals surface area contributed by atoms with Gasteiger partial charge in [-0.05, 0) is 61.4 Å². The van der Waals surface area contributed by atoms with Crippen molar-refractivity contribution in [2.24, 2.45) is 5.92 Å². The number of amides is 1. The molecule has 32 heavy (non-hydrogen) atoms. The van der Waals surface area contributed by atoms with Gasteiger partial charge in [-0.15, -0.1) is 0 Å². The van der Waals surface area contributed by atoms with Crippen LogP contribution in [0, 0.1) is 12.8 Å². The number of hydrogen-bond donors (Lipinski definition) is 2. The molecule has 0 atom stereocenters. The van der Waals surface area contributed by atoms with Crippen LogP contribution in [0.1, 0.15) is 36.0 Å². The van der Waals surface area contributed by atoms with E-state index in [-0.39, 0.29) is 11.8 Å². The Balaban J connectivity index is 1.04. The van der Waals surface area contributed by atoms with E-state index < -0.39 is 0 Å². The highest BCUT2D eigenvalue weighted by Crippen LogP contribution is 2.24. The average molecular weight is 432 g/mol. The summed E-state index contributed by atoms with van der Waals surface area (Å²) in [4.78, 5) is 25.6. The molecule has 1 fully saturated rings. The fraction of sp³-hybridized carbons (Fsp3) is 0.462. The fourth-order valence-electron chi connectivity index (χ4n) is 5.02. The van der Waals surface area contributed by atoms with Gasteiger partial charge in [0.2, 0.25) is 11.9 Å². The van der Waals surface area contributed by atoms with Crippen molar-refractivity contribution in [3.63, 3.8) is 0 Å². The Kier molecular flexibility index (Phi) is 6.12. The molecule has 0 saturated carbocycles. The average Bonchev–Trinajstić information content (AvgIpc) is 3.25. The molecule has 6 heteroatoms. The zero-order valence-corrected chi connectivity index (χ0v) is 18.9. The van der Waals surface area contributed by atoms with Crippen LogP contribution in [0.15, 0.2) is 42.5 Å². The number of aromatic nitrogens is 2. The van der Waals surface area contributed by atoms with Gasteiger partial charge in [-0.2, -0.15) is 0 Å². The summed E-state index contributed by atoms with van der Waals surface area (Å²) in [5.41, 5.74) is 6.25. The SMILES string of the molecule is Cc1ccc2nc(N3CCC(C(=O)NCCCN4CCc5ccccc5C4)CC3)[nH]c2c1. The van der Waals surface area contributed by atoms with E-state index in [0.29, 0.717) is 0 Å². The Hall–Kier alpha value is -2.86. The lowest BCUT2D eigenvalue weighted by Gasteiger charge is -2.31. The Morgan fingerprint density at radius 3 is 2.78 bits per heavy atom. The number of anilines is 1. The van der Waals surface area contributed by atoms with Gasteiger partial charge in [-0.1, -0.05) is 30.3 Å². The molecule has 3 aromatic rings. The van der Waals surface area contributed by atoms with Crippen molar-refractivity contribution in [1.29, 1.82) is 0 Å². The zero-order chi connectivity index (χ0) is 21.9. The van der Waals surface area contributed by atoms with Gasteiger partial charge in [-0.25, -0.2) is 4.98 Å². The van der Waals surface area contributed by atoms with Gasteiger partial charge in [0.15, 0.2) is 0 Å². The van der Waals surface area contributed by atoms with E-state index in [1.54, 1.807) is 0 Å². The predicted molar refractivity (Wildman–Crippen MR) is 129 cm³/mol. The number of aromatic amines is 1. The summed E-state index contributed by atoms with van der Waals surface area (Å²) in [5, 5.41) is 3.19. The lowest BCUT2D eigenvalue weighted by molar-refractivity contribution is -0.125. The smallest absolute Gasteiger partial charge is 0.223 e. The third-order valence-electron chi connectivity index (χ3n) is 6.95. The van der Waals surface area contributed by atoms with E-state index in [9.17, 15) is 4.79 Å². The monoisotopic (exact) mass is 431 g/mol. The maximum atomic E-state index is 12.7. The maximum Gasteiger partial charge on any atom is 0.223 e. The van der Waals surface area contributed by atoms with E-state index in [4.69, 9.17) is 4.98 Å². The van der Waals surface area contributed by atoms with Crippen molar-refractivity contribution in [3.8, 4) is 0 Å². The minimum absolute atomic E-state index is 0.111. The fourth-order valence-corrected chi connectivity index (χ4v) is 5.02. The summed E-state index contributed by atoms with van der Waals surface area (Å²) in [6.07, 6.45) is 3.90. The second-order valence-corrected chi connectivity index (χ2v) is 9.28. The third-order valence-corrected chi connectivity index (χ3v) is 6.95. The van der Waals surface area contributed by atoms with Crippen LogP contribution < -0.4 is 10.2 Å². The van der Waals surface area contributed by atoms with Crippen molar-refractivity contribution in [1.82, 2.24) is 20.2 Å². The van der Waals surface area contributed by atoms with Crippen molar-refractivity contribution >= 4 is 22.9 Å². The summed E-state index contributed by atoms with van der Waals surface area (Å²) in [5.74, 6) is 1.25. The highest BCUT2D eigenvalue weighted by atomic mass is 16.1. The molecule has 0 bridgehead atoms. The molecular weight excluding hydrogens is 398 g/mol. The van der Waals surface area contributed by atoms with E-state index in [1.165, 1.54) is 16.7 Å². The lowest BCUT2D eigenvalue weighted by atomic mass is 9.96. The number of hydrogen-bond acceptors (Lipinski definition) is 4. The molecule has 2 aromatic carbocycles. The minimum atomic E-state index is 0.111. The van der Waals surface area contributed by atoms with Gasteiger partial charge >= 0.3 is 0 Å².